The largest absolute Gasteiger partial charge is 0.481 e. The first kappa shape index (κ1) is 15.2. The van der Waals surface area contributed by atoms with Crippen molar-refractivity contribution < 1.29 is 19.8 Å². The van der Waals surface area contributed by atoms with Crippen molar-refractivity contribution in [3.63, 3.8) is 0 Å². The lowest BCUT2D eigenvalue weighted by atomic mass is 10.0. The zero-order valence-electron chi connectivity index (χ0n) is 11.1. The molecule has 0 heterocycles. The lowest BCUT2D eigenvalue weighted by Gasteiger charge is -2.13. The Morgan fingerprint density at radius 3 is 2.53 bits per heavy atom. The SMILES string of the molecule is Cc1ccc(C)c(CCNC(CC(=O)O)C(=O)O)c1. The molecule has 0 bridgehead atoms. The summed E-state index contributed by atoms with van der Waals surface area (Å²) in [5, 5.41) is 20.3. The van der Waals surface area contributed by atoms with Crippen molar-refractivity contribution in [3.05, 3.63) is 34.9 Å². The third-order valence-corrected chi connectivity index (χ3v) is 2.97. The van der Waals surface area contributed by atoms with Crippen LogP contribution in [0.25, 0.3) is 0 Å². The molecule has 0 saturated heterocycles. The predicted molar refractivity (Wildman–Crippen MR) is 71.3 cm³/mol. The van der Waals surface area contributed by atoms with Gasteiger partial charge >= 0.3 is 11.9 Å². The van der Waals surface area contributed by atoms with E-state index < -0.39 is 24.4 Å². The van der Waals surface area contributed by atoms with Crippen molar-refractivity contribution in [3.8, 4) is 0 Å². The Bertz CT molecular complexity index is 471. The number of aliphatic carboxylic acids is 2. The molecule has 0 saturated carbocycles. The molecule has 0 spiro atoms. The summed E-state index contributed by atoms with van der Waals surface area (Å²) < 4.78 is 0. The number of carboxylic acid groups (broad SMARTS) is 2. The molecule has 0 amide bonds. The highest BCUT2D eigenvalue weighted by Crippen LogP contribution is 2.11. The fourth-order valence-electron chi connectivity index (χ4n) is 1.87. The number of carboxylic acids is 2. The number of rotatable bonds is 7. The second-order valence-corrected chi connectivity index (χ2v) is 4.62. The molecule has 19 heavy (non-hydrogen) atoms. The van der Waals surface area contributed by atoms with Crippen molar-refractivity contribution in [2.75, 3.05) is 6.54 Å². The van der Waals surface area contributed by atoms with E-state index in [1.165, 1.54) is 0 Å². The molecule has 1 atom stereocenters. The van der Waals surface area contributed by atoms with E-state index in [9.17, 15) is 9.59 Å². The fourth-order valence-corrected chi connectivity index (χ4v) is 1.87. The Labute approximate surface area is 112 Å². The molecular formula is C14H19NO4. The summed E-state index contributed by atoms with van der Waals surface area (Å²) in [6.45, 7) is 4.44. The van der Waals surface area contributed by atoms with Gasteiger partial charge in [-0.25, -0.2) is 0 Å². The predicted octanol–water partition coefficient (Wildman–Crippen LogP) is 1.36. The normalized spacial score (nSPS) is 12.1. The van der Waals surface area contributed by atoms with Gasteiger partial charge in [0.25, 0.3) is 0 Å². The highest BCUT2D eigenvalue weighted by Gasteiger charge is 2.19. The van der Waals surface area contributed by atoms with Crippen molar-refractivity contribution >= 4 is 11.9 Å². The molecular weight excluding hydrogens is 246 g/mol. The van der Waals surface area contributed by atoms with E-state index in [-0.39, 0.29) is 0 Å². The summed E-state index contributed by atoms with van der Waals surface area (Å²) in [5.74, 6) is -2.25. The van der Waals surface area contributed by atoms with Crippen LogP contribution >= 0.6 is 0 Å². The van der Waals surface area contributed by atoms with E-state index in [2.05, 4.69) is 11.4 Å². The minimum absolute atomic E-state index is 0.415. The maximum absolute atomic E-state index is 10.9. The lowest BCUT2D eigenvalue weighted by Crippen LogP contribution is -2.39. The van der Waals surface area contributed by atoms with Crippen LogP contribution in [0.1, 0.15) is 23.1 Å². The summed E-state index contributed by atoms with van der Waals surface area (Å²) in [6.07, 6.45) is 0.263. The minimum atomic E-state index is -1.14. The smallest absolute Gasteiger partial charge is 0.321 e. The average Bonchev–Trinajstić information content (AvgIpc) is 2.31. The Hall–Kier alpha value is -1.88. The molecule has 0 aliphatic rings. The van der Waals surface area contributed by atoms with Gasteiger partial charge in [-0.15, -0.1) is 0 Å². The summed E-state index contributed by atoms with van der Waals surface area (Å²) in [4.78, 5) is 21.4. The summed E-state index contributed by atoms with van der Waals surface area (Å²) in [7, 11) is 0. The van der Waals surface area contributed by atoms with E-state index in [0.717, 1.165) is 16.7 Å². The van der Waals surface area contributed by atoms with Crippen molar-refractivity contribution in [1.82, 2.24) is 5.32 Å². The van der Waals surface area contributed by atoms with Gasteiger partial charge < -0.3 is 15.5 Å². The molecule has 0 aliphatic heterocycles. The molecule has 1 aromatic rings. The first-order valence-electron chi connectivity index (χ1n) is 6.14. The third-order valence-electron chi connectivity index (χ3n) is 2.97. The van der Waals surface area contributed by atoms with E-state index >= 15 is 0 Å². The van der Waals surface area contributed by atoms with Gasteiger partial charge in [0.1, 0.15) is 6.04 Å². The number of nitrogens with one attached hydrogen (secondary N) is 1. The Kier molecular flexibility index (Phi) is 5.51. The molecule has 0 aromatic heterocycles. The van der Waals surface area contributed by atoms with Crippen molar-refractivity contribution in [2.45, 2.75) is 32.7 Å². The molecule has 1 aromatic carbocycles. The maximum Gasteiger partial charge on any atom is 0.321 e. The second kappa shape index (κ2) is 6.89. The summed E-state index contributed by atoms with van der Waals surface area (Å²) >= 11 is 0. The molecule has 0 aliphatic carbocycles. The first-order valence-corrected chi connectivity index (χ1v) is 6.14. The van der Waals surface area contributed by atoms with E-state index in [0.29, 0.717) is 13.0 Å². The van der Waals surface area contributed by atoms with Gasteiger partial charge in [-0.2, -0.15) is 0 Å². The Morgan fingerprint density at radius 1 is 1.26 bits per heavy atom. The molecule has 1 rings (SSSR count). The molecule has 5 heteroatoms. The van der Waals surface area contributed by atoms with Gasteiger partial charge in [0.05, 0.1) is 6.42 Å². The standard InChI is InChI=1S/C14H19NO4/c1-9-3-4-10(2)11(7-9)5-6-15-12(14(18)19)8-13(16)17/h3-4,7,12,15H,5-6,8H2,1-2H3,(H,16,17)(H,18,19). The lowest BCUT2D eigenvalue weighted by molar-refractivity contribution is -0.145. The highest BCUT2D eigenvalue weighted by molar-refractivity contribution is 5.80. The van der Waals surface area contributed by atoms with Crippen molar-refractivity contribution in [1.29, 1.82) is 0 Å². The minimum Gasteiger partial charge on any atom is -0.481 e. The number of aryl methyl sites for hydroxylation is 2. The third kappa shape index (κ3) is 5.09. The molecule has 1 unspecified atom stereocenters. The van der Waals surface area contributed by atoms with Crippen LogP contribution in [0.4, 0.5) is 0 Å². The summed E-state index contributed by atoms with van der Waals surface area (Å²) in [5.41, 5.74) is 3.45. The second-order valence-electron chi connectivity index (χ2n) is 4.62. The van der Waals surface area contributed by atoms with Crippen LogP contribution in [0.3, 0.4) is 0 Å². The molecule has 0 radical (unpaired) electrons. The highest BCUT2D eigenvalue weighted by atomic mass is 16.4. The number of hydrogen-bond acceptors (Lipinski definition) is 3. The van der Waals surface area contributed by atoms with Gasteiger partial charge in [0.15, 0.2) is 0 Å². The van der Waals surface area contributed by atoms with Crippen LogP contribution in [-0.2, 0) is 16.0 Å². The first-order chi connectivity index (χ1) is 8.90. The van der Waals surface area contributed by atoms with E-state index in [4.69, 9.17) is 10.2 Å². The number of hydrogen-bond donors (Lipinski definition) is 3. The maximum atomic E-state index is 10.9. The topological polar surface area (TPSA) is 86.6 Å². The van der Waals surface area contributed by atoms with E-state index in [1.54, 1.807) is 0 Å². The van der Waals surface area contributed by atoms with Crippen molar-refractivity contribution in [2.24, 2.45) is 0 Å². The van der Waals surface area contributed by atoms with Crippen LogP contribution in [0.15, 0.2) is 18.2 Å². The molecule has 5 nitrogen and oxygen atoms in total. The van der Waals surface area contributed by atoms with Crippen LogP contribution in [-0.4, -0.2) is 34.7 Å². The fraction of sp³-hybridized carbons (Fsp3) is 0.429. The number of benzene rings is 1. The Morgan fingerprint density at radius 2 is 1.95 bits per heavy atom. The number of carbonyl (C=O) groups is 2. The molecule has 104 valence electrons. The van der Waals surface area contributed by atoms with Gasteiger partial charge in [0, 0.05) is 0 Å². The summed E-state index contributed by atoms with van der Waals surface area (Å²) in [6, 6.07) is 5.07. The van der Waals surface area contributed by atoms with Crippen LogP contribution < -0.4 is 5.32 Å². The van der Waals surface area contributed by atoms with E-state index in [1.807, 2.05) is 26.0 Å². The van der Waals surface area contributed by atoms with Crippen LogP contribution in [0.5, 0.6) is 0 Å². The van der Waals surface area contributed by atoms with Gasteiger partial charge in [-0.1, -0.05) is 23.8 Å². The monoisotopic (exact) mass is 265 g/mol. The van der Waals surface area contributed by atoms with Gasteiger partial charge in [0.2, 0.25) is 0 Å². The molecule has 0 fully saturated rings. The van der Waals surface area contributed by atoms with Crippen LogP contribution in [0.2, 0.25) is 0 Å². The zero-order chi connectivity index (χ0) is 14.4. The van der Waals surface area contributed by atoms with Gasteiger partial charge in [-0.3, -0.25) is 9.59 Å². The van der Waals surface area contributed by atoms with Crippen LogP contribution in [0, 0.1) is 13.8 Å². The quantitative estimate of drug-likeness (QED) is 0.693. The molecule has 3 N–H and O–H groups in total. The Balaban J connectivity index is 2.54. The van der Waals surface area contributed by atoms with Gasteiger partial charge in [-0.05, 0) is 37.9 Å². The average molecular weight is 265 g/mol. The zero-order valence-corrected chi connectivity index (χ0v) is 11.1.